The molecule has 1 unspecified atom stereocenters. The molecule has 0 bridgehead atoms. The maximum atomic E-state index is 10.8. The Bertz CT molecular complexity index is 274. The number of aldehydes is 1. The van der Waals surface area contributed by atoms with E-state index in [1.165, 1.54) is 0 Å². The predicted octanol–water partition coefficient (Wildman–Crippen LogP) is 2.94. The van der Waals surface area contributed by atoms with E-state index >= 15 is 0 Å². The van der Waals surface area contributed by atoms with Crippen molar-refractivity contribution in [3.63, 3.8) is 0 Å². The van der Waals surface area contributed by atoms with E-state index in [0.717, 1.165) is 18.3 Å². The van der Waals surface area contributed by atoms with Gasteiger partial charge in [-0.05, 0) is 12.0 Å². The van der Waals surface area contributed by atoms with E-state index in [-0.39, 0.29) is 5.92 Å². The molecule has 68 valence electrons. The molecule has 0 aliphatic rings. The lowest BCUT2D eigenvalue weighted by molar-refractivity contribution is -0.108. The molecule has 1 atom stereocenters. The summed E-state index contributed by atoms with van der Waals surface area (Å²) in [6, 6.07) is 9.80. The first kappa shape index (κ1) is 9.72. The third-order valence-electron chi connectivity index (χ3n) is 1.91. The lowest BCUT2D eigenvalue weighted by atomic mass is 10.0. The van der Waals surface area contributed by atoms with Gasteiger partial charge in [-0.25, -0.2) is 0 Å². The lowest BCUT2D eigenvalue weighted by Gasteiger charge is -2.03. The number of hydrogen-bond donors (Lipinski definition) is 0. The molecule has 1 nitrogen and oxygen atoms in total. The van der Waals surface area contributed by atoms with Gasteiger partial charge in [-0.2, -0.15) is 0 Å². The third-order valence-corrected chi connectivity index (χ3v) is 1.91. The van der Waals surface area contributed by atoms with Crippen molar-refractivity contribution >= 4 is 6.29 Å². The Morgan fingerprint density at radius 2 is 2.00 bits per heavy atom. The van der Waals surface area contributed by atoms with Crippen LogP contribution in [-0.4, -0.2) is 6.29 Å². The monoisotopic (exact) mass is 174 g/mol. The fourth-order valence-electron chi connectivity index (χ4n) is 1.19. The maximum Gasteiger partial charge on any atom is 0.131 e. The number of carbonyl (C=O) groups is 1. The number of carbonyl (C=O) groups excluding carboxylic acids is 1. The SMILES string of the molecule is CCC=CC(C=O)c1ccccc1. The first-order valence-corrected chi connectivity index (χ1v) is 4.55. The van der Waals surface area contributed by atoms with Crippen LogP contribution in [0.4, 0.5) is 0 Å². The molecule has 0 aliphatic carbocycles. The number of rotatable bonds is 4. The van der Waals surface area contributed by atoms with Gasteiger partial charge >= 0.3 is 0 Å². The molecule has 1 aromatic carbocycles. The molecule has 0 N–H and O–H groups in total. The van der Waals surface area contributed by atoms with E-state index in [9.17, 15) is 4.79 Å². The van der Waals surface area contributed by atoms with Crippen molar-refractivity contribution < 1.29 is 4.79 Å². The molecule has 0 aromatic heterocycles. The molecule has 1 aromatic rings. The van der Waals surface area contributed by atoms with Crippen LogP contribution in [0.1, 0.15) is 24.8 Å². The second kappa shape index (κ2) is 5.31. The second-order valence-electron chi connectivity index (χ2n) is 2.91. The van der Waals surface area contributed by atoms with Crippen LogP contribution < -0.4 is 0 Å². The molecular formula is C12H14O. The van der Waals surface area contributed by atoms with Gasteiger partial charge in [0.2, 0.25) is 0 Å². The fourth-order valence-corrected chi connectivity index (χ4v) is 1.19. The van der Waals surface area contributed by atoms with Gasteiger partial charge in [0.15, 0.2) is 0 Å². The Kier molecular flexibility index (Phi) is 3.97. The van der Waals surface area contributed by atoms with Crippen molar-refractivity contribution in [2.24, 2.45) is 0 Å². The molecule has 1 rings (SSSR count). The van der Waals surface area contributed by atoms with Gasteiger partial charge in [0.1, 0.15) is 6.29 Å². The number of benzene rings is 1. The van der Waals surface area contributed by atoms with Crippen molar-refractivity contribution in [3.05, 3.63) is 48.0 Å². The molecule has 1 heteroatoms. The van der Waals surface area contributed by atoms with E-state index in [1.54, 1.807) is 0 Å². The zero-order chi connectivity index (χ0) is 9.52. The Balaban J connectivity index is 2.78. The van der Waals surface area contributed by atoms with Gasteiger partial charge in [0.05, 0.1) is 5.92 Å². The highest BCUT2D eigenvalue weighted by molar-refractivity contribution is 5.65. The molecular weight excluding hydrogens is 160 g/mol. The van der Waals surface area contributed by atoms with Crippen LogP contribution in [-0.2, 0) is 4.79 Å². The quantitative estimate of drug-likeness (QED) is 0.506. The highest BCUT2D eigenvalue weighted by atomic mass is 16.1. The van der Waals surface area contributed by atoms with E-state index in [0.29, 0.717) is 0 Å². The molecule has 0 heterocycles. The van der Waals surface area contributed by atoms with Crippen molar-refractivity contribution in [3.8, 4) is 0 Å². The molecule has 0 amide bonds. The number of hydrogen-bond acceptors (Lipinski definition) is 1. The molecule has 0 saturated carbocycles. The molecule has 0 spiro atoms. The highest BCUT2D eigenvalue weighted by Gasteiger charge is 2.03. The summed E-state index contributed by atoms with van der Waals surface area (Å²) >= 11 is 0. The van der Waals surface area contributed by atoms with Crippen molar-refractivity contribution in [1.82, 2.24) is 0 Å². The van der Waals surface area contributed by atoms with Crippen LogP contribution >= 0.6 is 0 Å². The molecule has 0 saturated heterocycles. The summed E-state index contributed by atoms with van der Waals surface area (Å²) in [5.41, 5.74) is 1.06. The summed E-state index contributed by atoms with van der Waals surface area (Å²) in [6.45, 7) is 2.06. The van der Waals surface area contributed by atoms with Crippen LogP contribution in [0, 0.1) is 0 Å². The van der Waals surface area contributed by atoms with Crippen molar-refractivity contribution in [2.75, 3.05) is 0 Å². The Morgan fingerprint density at radius 3 is 2.54 bits per heavy atom. The summed E-state index contributed by atoms with van der Waals surface area (Å²) in [5.74, 6) is -0.0823. The van der Waals surface area contributed by atoms with Crippen molar-refractivity contribution in [1.29, 1.82) is 0 Å². The summed E-state index contributed by atoms with van der Waals surface area (Å²) in [6.07, 6.45) is 5.91. The average Bonchev–Trinajstić information content (AvgIpc) is 2.21. The normalized spacial score (nSPS) is 13.0. The minimum atomic E-state index is -0.0823. The molecule has 0 radical (unpaired) electrons. The molecule has 0 aliphatic heterocycles. The van der Waals surface area contributed by atoms with Gasteiger partial charge < -0.3 is 4.79 Å². The average molecular weight is 174 g/mol. The Morgan fingerprint density at radius 1 is 1.31 bits per heavy atom. The summed E-state index contributed by atoms with van der Waals surface area (Å²) in [7, 11) is 0. The fraction of sp³-hybridized carbons (Fsp3) is 0.250. The summed E-state index contributed by atoms with van der Waals surface area (Å²) in [5, 5.41) is 0. The van der Waals surface area contributed by atoms with Crippen molar-refractivity contribution in [2.45, 2.75) is 19.3 Å². The van der Waals surface area contributed by atoms with Gasteiger partial charge in [-0.3, -0.25) is 0 Å². The topological polar surface area (TPSA) is 17.1 Å². The Hall–Kier alpha value is -1.37. The smallest absolute Gasteiger partial charge is 0.131 e. The second-order valence-corrected chi connectivity index (χ2v) is 2.91. The zero-order valence-electron chi connectivity index (χ0n) is 7.81. The van der Waals surface area contributed by atoms with Crippen LogP contribution in [0.15, 0.2) is 42.5 Å². The van der Waals surface area contributed by atoms with Gasteiger partial charge in [0, 0.05) is 0 Å². The van der Waals surface area contributed by atoms with E-state index in [2.05, 4.69) is 6.92 Å². The first-order chi connectivity index (χ1) is 6.38. The molecule has 13 heavy (non-hydrogen) atoms. The van der Waals surface area contributed by atoms with Crippen LogP contribution in [0.3, 0.4) is 0 Å². The predicted molar refractivity (Wildman–Crippen MR) is 54.7 cm³/mol. The third kappa shape index (κ3) is 2.86. The summed E-state index contributed by atoms with van der Waals surface area (Å²) < 4.78 is 0. The summed E-state index contributed by atoms with van der Waals surface area (Å²) in [4.78, 5) is 10.8. The zero-order valence-corrected chi connectivity index (χ0v) is 7.81. The maximum absolute atomic E-state index is 10.8. The lowest BCUT2D eigenvalue weighted by Crippen LogP contribution is -1.95. The van der Waals surface area contributed by atoms with Gasteiger partial charge in [-0.1, -0.05) is 49.4 Å². The largest absolute Gasteiger partial charge is 0.302 e. The standard InChI is InChI=1S/C12H14O/c1-2-3-7-12(10-13)11-8-5-4-6-9-11/h3-10,12H,2H2,1H3. The van der Waals surface area contributed by atoms with Gasteiger partial charge in [0.25, 0.3) is 0 Å². The number of allylic oxidation sites excluding steroid dienone is 2. The van der Waals surface area contributed by atoms with Crippen LogP contribution in [0.25, 0.3) is 0 Å². The molecule has 0 fully saturated rings. The van der Waals surface area contributed by atoms with Crippen LogP contribution in [0.5, 0.6) is 0 Å². The minimum absolute atomic E-state index is 0.0823. The van der Waals surface area contributed by atoms with Crippen LogP contribution in [0.2, 0.25) is 0 Å². The van der Waals surface area contributed by atoms with Gasteiger partial charge in [-0.15, -0.1) is 0 Å². The minimum Gasteiger partial charge on any atom is -0.302 e. The Labute approximate surface area is 79.1 Å². The highest BCUT2D eigenvalue weighted by Crippen LogP contribution is 2.14. The van der Waals surface area contributed by atoms with E-state index < -0.39 is 0 Å². The first-order valence-electron chi connectivity index (χ1n) is 4.55. The van der Waals surface area contributed by atoms with E-state index in [1.807, 2.05) is 42.5 Å². The van der Waals surface area contributed by atoms with E-state index in [4.69, 9.17) is 0 Å².